The number of carbonyl (C=O) groups excluding carboxylic acids is 1. The van der Waals surface area contributed by atoms with Gasteiger partial charge in [-0.05, 0) is 25.0 Å². The maximum atomic E-state index is 12.4. The van der Waals surface area contributed by atoms with Gasteiger partial charge in [-0.3, -0.25) is 4.79 Å². The van der Waals surface area contributed by atoms with Crippen LogP contribution in [-0.2, 0) is 9.53 Å². The molecular formula is C16H26Cl2N4O2. The maximum absolute atomic E-state index is 12.4. The molecule has 24 heavy (non-hydrogen) atoms. The predicted octanol–water partition coefficient (Wildman–Crippen LogP) is 2.36. The Labute approximate surface area is 155 Å². The van der Waals surface area contributed by atoms with E-state index in [1.54, 1.807) is 6.20 Å². The molecule has 1 aromatic rings. The van der Waals surface area contributed by atoms with Crippen LogP contribution in [0.25, 0.3) is 0 Å². The second-order valence-corrected chi connectivity index (χ2v) is 6.18. The lowest BCUT2D eigenvalue weighted by atomic mass is 9.82. The number of pyridine rings is 1. The first kappa shape index (κ1) is 21.0. The number of hydrogen-bond donors (Lipinski definition) is 2. The Morgan fingerprint density at radius 3 is 2.42 bits per heavy atom. The normalized spacial score (nSPS) is 19.6. The first-order chi connectivity index (χ1) is 10.7. The molecule has 0 bridgehead atoms. The number of halogens is 2. The molecule has 2 fully saturated rings. The number of nitrogens with two attached hydrogens (primary N) is 1. The zero-order valence-electron chi connectivity index (χ0n) is 13.7. The third kappa shape index (κ3) is 4.96. The van der Waals surface area contributed by atoms with E-state index < -0.39 is 5.54 Å². The van der Waals surface area contributed by atoms with E-state index in [0.29, 0.717) is 5.69 Å². The van der Waals surface area contributed by atoms with Crippen molar-refractivity contribution in [3.63, 3.8) is 0 Å². The molecule has 0 atom stereocenters. The van der Waals surface area contributed by atoms with Gasteiger partial charge in [-0.25, -0.2) is 4.98 Å². The molecule has 3 N–H and O–H groups in total. The number of carbonyl (C=O) groups is 1. The minimum Gasteiger partial charge on any atom is -0.378 e. The predicted molar refractivity (Wildman–Crippen MR) is 100 cm³/mol. The maximum Gasteiger partial charge on any atom is 0.244 e. The molecule has 1 saturated heterocycles. The molecule has 0 radical (unpaired) electrons. The zero-order chi connectivity index (χ0) is 15.4. The van der Waals surface area contributed by atoms with Gasteiger partial charge in [0.15, 0.2) is 0 Å². The fourth-order valence-corrected chi connectivity index (χ4v) is 3.10. The first-order valence-electron chi connectivity index (χ1n) is 8.06. The van der Waals surface area contributed by atoms with Crippen LogP contribution in [0.5, 0.6) is 0 Å². The van der Waals surface area contributed by atoms with Crippen molar-refractivity contribution in [1.82, 2.24) is 4.98 Å². The smallest absolute Gasteiger partial charge is 0.244 e. The lowest BCUT2D eigenvalue weighted by Gasteiger charge is -2.32. The Morgan fingerprint density at radius 2 is 1.83 bits per heavy atom. The number of nitrogens with one attached hydrogen (secondary N) is 1. The molecule has 3 rings (SSSR count). The molecule has 1 aliphatic heterocycles. The van der Waals surface area contributed by atoms with E-state index in [2.05, 4.69) is 15.2 Å². The van der Waals surface area contributed by atoms with Gasteiger partial charge < -0.3 is 20.7 Å². The van der Waals surface area contributed by atoms with Gasteiger partial charge in [-0.1, -0.05) is 19.3 Å². The number of nitrogens with zero attached hydrogens (tertiary/aromatic N) is 2. The molecule has 2 heterocycles. The van der Waals surface area contributed by atoms with E-state index in [1.165, 1.54) is 6.42 Å². The van der Waals surface area contributed by atoms with Crippen LogP contribution in [0, 0.1) is 0 Å². The van der Waals surface area contributed by atoms with Crippen molar-refractivity contribution in [2.45, 2.75) is 37.6 Å². The summed E-state index contributed by atoms with van der Waals surface area (Å²) in [4.78, 5) is 19.0. The van der Waals surface area contributed by atoms with E-state index >= 15 is 0 Å². The summed E-state index contributed by atoms with van der Waals surface area (Å²) in [5.74, 6) is 0.828. The first-order valence-corrected chi connectivity index (χ1v) is 8.06. The Bertz CT molecular complexity index is 515. The summed E-state index contributed by atoms with van der Waals surface area (Å²) in [6.07, 6.45) is 6.45. The summed E-state index contributed by atoms with van der Waals surface area (Å²) in [6, 6.07) is 3.83. The monoisotopic (exact) mass is 376 g/mol. The fraction of sp³-hybridized carbons (Fsp3) is 0.625. The molecule has 136 valence electrons. The van der Waals surface area contributed by atoms with Crippen LogP contribution in [0.2, 0.25) is 0 Å². The topological polar surface area (TPSA) is 80.5 Å². The van der Waals surface area contributed by atoms with Gasteiger partial charge in [0.1, 0.15) is 5.82 Å². The fourth-order valence-electron chi connectivity index (χ4n) is 3.10. The standard InChI is InChI=1S/C16H24N4O2.2ClH/c17-16(6-2-1-3-7-16)15(21)19-13-4-5-14(18-12-13)20-8-10-22-11-9-20;;/h4-5,12H,1-3,6-11,17H2,(H,19,21);2*1H. The van der Waals surface area contributed by atoms with Gasteiger partial charge in [0.2, 0.25) is 5.91 Å². The molecule has 0 spiro atoms. The molecule has 1 aromatic heterocycles. The molecule has 1 saturated carbocycles. The molecule has 0 unspecified atom stereocenters. The molecular weight excluding hydrogens is 351 g/mol. The highest BCUT2D eigenvalue weighted by Crippen LogP contribution is 2.27. The number of rotatable bonds is 3. The van der Waals surface area contributed by atoms with E-state index in [9.17, 15) is 4.79 Å². The van der Waals surface area contributed by atoms with Crippen LogP contribution in [0.4, 0.5) is 11.5 Å². The largest absolute Gasteiger partial charge is 0.378 e. The Morgan fingerprint density at radius 1 is 1.17 bits per heavy atom. The summed E-state index contributed by atoms with van der Waals surface area (Å²) >= 11 is 0. The van der Waals surface area contributed by atoms with Crippen LogP contribution in [-0.4, -0.2) is 42.7 Å². The summed E-state index contributed by atoms with van der Waals surface area (Å²) < 4.78 is 5.34. The van der Waals surface area contributed by atoms with Crippen LogP contribution >= 0.6 is 24.8 Å². The average molecular weight is 377 g/mol. The van der Waals surface area contributed by atoms with Crippen molar-refractivity contribution >= 4 is 42.2 Å². The molecule has 0 aromatic carbocycles. The second-order valence-electron chi connectivity index (χ2n) is 6.18. The van der Waals surface area contributed by atoms with Crippen LogP contribution in [0.1, 0.15) is 32.1 Å². The molecule has 1 amide bonds. The SMILES string of the molecule is Cl.Cl.NC1(C(=O)Nc2ccc(N3CCOCC3)nc2)CCCCC1. The van der Waals surface area contributed by atoms with Gasteiger partial charge in [0.05, 0.1) is 30.6 Å². The molecule has 2 aliphatic rings. The number of ether oxygens (including phenoxy) is 1. The van der Waals surface area contributed by atoms with Crippen LogP contribution < -0.4 is 16.0 Å². The van der Waals surface area contributed by atoms with Gasteiger partial charge >= 0.3 is 0 Å². The minimum absolute atomic E-state index is 0. The highest BCUT2D eigenvalue weighted by atomic mass is 35.5. The van der Waals surface area contributed by atoms with Crippen LogP contribution in [0.3, 0.4) is 0 Å². The zero-order valence-corrected chi connectivity index (χ0v) is 15.3. The van der Waals surface area contributed by atoms with Gasteiger partial charge in [-0.15, -0.1) is 24.8 Å². The molecule has 8 heteroatoms. The van der Waals surface area contributed by atoms with Crippen molar-refractivity contribution in [2.24, 2.45) is 5.73 Å². The second kappa shape index (κ2) is 9.42. The number of anilines is 2. The van der Waals surface area contributed by atoms with Crippen molar-refractivity contribution in [3.05, 3.63) is 18.3 Å². The van der Waals surface area contributed by atoms with Crippen molar-refractivity contribution < 1.29 is 9.53 Å². The van der Waals surface area contributed by atoms with Crippen LogP contribution in [0.15, 0.2) is 18.3 Å². The summed E-state index contributed by atoms with van der Waals surface area (Å²) in [5, 5.41) is 2.91. The highest BCUT2D eigenvalue weighted by Gasteiger charge is 2.35. The third-order valence-electron chi connectivity index (χ3n) is 4.54. The Kier molecular flexibility index (Phi) is 8.22. The van der Waals surface area contributed by atoms with E-state index in [0.717, 1.165) is 57.8 Å². The third-order valence-corrected chi connectivity index (χ3v) is 4.54. The Balaban J connectivity index is 0.00000144. The molecule has 6 nitrogen and oxygen atoms in total. The number of morpholine rings is 1. The Hall–Kier alpha value is -1.08. The van der Waals surface area contributed by atoms with Crippen molar-refractivity contribution in [3.8, 4) is 0 Å². The van der Waals surface area contributed by atoms with Gasteiger partial charge in [-0.2, -0.15) is 0 Å². The quantitative estimate of drug-likeness (QED) is 0.845. The highest BCUT2D eigenvalue weighted by molar-refractivity contribution is 5.97. The lowest BCUT2D eigenvalue weighted by Crippen LogP contribution is -2.52. The summed E-state index contributed by atoms with van der Waals surface area (Å²) in [7, 11) is 0. The number of hydrogen-bond acceptors (Lipinski definition) is 5. The number of amides is 1. The van der Waals surface area contributed by atoms with Crippen molar-refractivity contribution in [2.75, 3.05) is 36.5 Å². The van der Waals surface area contributed by atoms with Gasteiger partial charge in [0, 0.05) is 13.1 Å². The van der Waals surface area contributed by atoms with E-state index in [-0.39, 0.29) is 30.7 Å². The number of aromatic nitrogens is 1. The van der Waals surface area contributed by atoms with Crippen molar-refractivity contribution in [1.29, 1.82) is 0 Å². The summed E-state index contributed by atoms with van der Waals surface area (Å²) in [5.41, 5.74) is 6.23. The van der Waals surface area contributed by atoms with Gasteiger partial charge in [0.25, 0.3) is 0 Å². The van der Waals surface area contributed by atoms with E-state index in [4.69, 9.17) is 10.5 Å². The molecule has 1 aliphatic carbocycles. The lowest BCUT2D eigenvalue weighted by molar-refractivity contribution is -0.122. The van der Waals surface area contributed by atoms with E-state index in [1.807, 2.05) is 12.1 Å². The minimum atomic E-state index is -0.721. The average Bonchev–Trinajstić information content (AvgIpc) is 2.57. The summed E-state index contributed by atoms with van der Waals surface area (Å²) in [6.45, 7) is 3.17.